The first-order chi connectivity index (χ1) is 14.0. The summed E-state index contributed by atoms with van der Waals surface area (Å²) in [7, 11) is 0. The molecule has 0 unspecified atom stereocenters. The van der Waals surface area contributed by atoms with E-state index in [1.165, 1.54) is 11.6 Å². The molecule has 0 amide bonds. The normalized spacial score (nSPS) is 15.6. The van der Waals surface area contributed by atoms with Crippen LogP contribution in [0.5, 0.6) is 0 Å². The van der Waals surface area contributed by atoms with Gasteiger partial charge in [0.25, 0.3) is 5.69 Å². The molecule has 29 heavy (non-hydrogen) atoms. The average molecular weight is 394 g/mol. The topological polar surface area (TPSA) is 80.3 Å². The van der Waals surface area contributed by atoms with Gasteiger partial charge in [-0.2, -0.15) is 5.10 Å². The van der Waals surface area contributed by atoms with Gasteiger partial charge >= 0.3 is 0 Å². The molecule has 0 radical (unpaired) electrons. The zero-order valence-electron chi connectivity index (χ0n) is 16.9. The van der Waals surface area contributed by atoms with Crippen LogP contribution in [0.2, 0.25) is 0 Å². The van der Waals surface area contributed by atoms with E-state index < -0.39 is 0 Å². The zero-order valence-corrected chi connectivity index (χ0v) is 16.9. The molecule has 0 N–H and O–H groups in total. The fourth-order valence-electron chi connectivity index (χ4n) is 4.04. The minimum Gasteiger partial charge on any atom is -0.370 e. The highest BCUT2D eigenvalue weighted by molar-refractivity contribution is 5.97. The van der Waals surface area contributed by atoms with Gasteiger partial charge in [0.2, 0.25) is 0 Å². The number of fused-ring (bicyclic) bond motifs is 1. The van der Waals surface area contributed by atoms with Gasteiger partial charge in [0.15, 0.2) is 5.52 Å². The van der Waals surface area contributed by atoms with E-state index in [4.69, 9.17) is 0 Å². The second-order valence-electron chi connectivity index (χ2n) is 7.53. The molecule has 1 aliphatic rings. The van der Waals surface area contributed by atoms with Crippen molar-refractivity contribution in [1.29, 1.82) is 0 Å². The second kappa shape index (κ2) is 8.16. The van der Waals surface area contributed by atoms with Gasteiger partial charge < -0.3 is 4.90 Å². The van der Waals surface area contributed by atoms with Crippen molar-refractivity contribution in [1.82, 2.24) is 19.7 Å². The van der Waals surface area contributed by atoms with Crippen molar-refractivity contribution < 1.29 is 4.92 Å². The van der Waals surface area contributed by atoms with Crippen molar-refractivity contribution in [2.75, 3.05) is 31.1 Å². The molecule has 0 spiro atoms. The average Bonchev–Trinajstić information content (AvgIpc) is 3.03. The lowest BCUT2D eigenvalue weighted by atomic mass is 10.1. The van der Waals surface area contributed by atoms with E-state index in [-0.39, 0.29) is 10.6 Å². The molecule has 0 aliphatic carbocycles. The van der Waals surface area contributed by atoms with E-state index in [2.05, 4.69) is 33.0 Å². The molecule has 152 valence electrons. The number of rotatable bonds is 5. The number of nitro groups is 1. The molecule has 1 fully saturated rings. The van der Waals surface area contributed by atoms with Crippen LogP contribution in [0.25, 0.3) is 10.9 Å². The van der Waals surface area contributed by atoms with E-state index in [0.717, 1.165) is 62.5 Å². The summed E-state index contributed by atoms with van der Waals surface area (Å²) in [5, 5.41) is 16.7. The molecule has 8 heteroatoms. The van der Waals surface area contributed by atoms with E-state index in [0.29, 0.717) is 5.52 Å². The third-order valence-electron chi connectivity index (χ3n) is 5.47. The molecule has 3 heterocycles. The minimum atomic E-state index is -0.348. The summed E-state index contributed by atoms with van der Waals surface area (Å²) in [6.07, 6.45) is 5.10. The maximum atomic E-state index is 11.4. The van der Waals surface area contributed by atoms with Crippen LogP contribution >= 0.6 is 0 Å². The van der Waals surface area contributed by atoms with Gasteiger partial charge in [0.05, 0.1) is 11.1 Å². The molecule has 2 aromatic heterocycles. The van der Waals surface area contributed by atoms with E-state index in [1.54, 1.807) is 6.07 Å². The van der Waals surface area contributed by atoms with Crippen LogP contribution in [0.3, 0.4) is 0 Å². The number of para-hydroxylation sites is 1. The van der Waals surface area contributed by atoms with Gasteiger partial charge in [-0.25, -0.2) is 4.98 Å². The molecule has 0 bridgehead atoms. The fraction of sp³-hybridized carbons (Fsp3) is 0.429. The van der Waals surface area contributed by atoms with Crippen LogP contribution in [0.4, 0.5) is 11.4 Å². The van der Waals surface area contributed by atoms with E-state index in [1.807, 2.05) is 29.9 Å². The Kier molecular flexibility index (Phi) is 5.44. The molecule has 3 aromatic rings. The maximum Gasteiger partial charge on any atom is 0.295 e. The van der Waals surface area contributed by atoms with Gasteiger partial charge in [-0.3, -0.25) is 19.7 Å². The van der Waals surface area contributed by atoms with Crippen LogP contribution in [0, 0.1) is 17.0 Å². The Hall–Kier alpha value is -3.00. The third kappa shape index (κ3) is 4.07. The zero-order chi connectivity index (χ0) is 20.4. The van der Waals surface area contributed by atoms with E-state index in [9.17, 15) is 10.1 Å². The summed E-state index contributed by atoms with van der Waals surface area (Å²) < 4.78 is 1.96. The number of benzene rings is 1. The number of nitrogens with zero attached hydrogens (tertiary/aromatic N) is 6. The summed E-state index contributed by atoms with van der Waals surface area (Å²) in [5.74, 6) is 0. The summed E-state index contributed by atoms with van der Waals surface area (Å²) in [5.41, 5.74) is 3.62. The lowest BCUT2D eigenvalue weighted by molar-refractivity contribution is -0.383. The fourth-order valence-corrected chi connectivity index (χ4v) is 4.04. The molecular formula is C21H26N6O2. The standard InChI is InChI=1S/C21H26N6O2/c1-3-26-15-17(13-22-26)14-24-8-5-9-25(11-10-24)20-12-16(2)23-21-18(20)6-4-7-19(21)27(28)29/h4,6-7,12-13,15H,3,5,8-11,14H2,1-2H3. The van der Waals surface area contributed by atoms with Crippen molar-refractivity contribution in [3.05, 3.63) is 58.0 Å². The minimum absolute atomic E-state index is 0.0665. The largest absolute Gasteiger partial charge is 0.370 e. The Labute approximate surface area is 169 Å². The summed E-state index contributed by atoms with van der Waals surface area (Å²) >= 11 is 0. The van der Waals surface area contributed by atoms with E-state index >= 15 is 0 Å². The number of nitro benzene ring substituents is 1. The monoisotopic (exact) mass is 394 g/mol. The summed E-state index contributed by atoms with van der Waals surface area (Å²) in [6.45, 7) is 9.53. The van der Waals surface area contributed by atoms with Crippen LogP contribution in [0.15, 0.2) is 36.7 Å². The van der Waals surface area contributed by atoms with Crippen LogP contribution in [-0.4, -0.2) is 50.8 Å². The molecule has 0 saturated carbocycles. The maximum absolute atomic E-state index is 11.4. The molecule has 1 aliphatic heterocycles. The van der Waals surface area contributed by atoms with Crippen molar-refractivity contribution in [3.8, 4) is 0 Å². The first-order valence-corrected chi connectivity index (χ1v) is 10.1. The Balaban J connectivity index is 1.57. The van der Waals surface area contributed by atoms with Crippen molar-refractivity contribution in [2.45, 2.75) is 33.4 Å². The van der Waals surface area contributed by atoms with Crippen molar-refractivity contribution in [3.63, 3.8) is 0 Å². The number of hydrogen-bond donors (Lipinski definition) is 0. The summed E-state index contributed by atoms with van der Waals surface area (Å²) in [4.78, 5) is 20.4. The Bertz CT molecular complexity index is 1030. The third-order valence-corrected chi connectivity index (χ3v) is 5.47. The Morgan fingerprint density at radius 1 is 1.21 bits per heavy atom. The molecule has 4 rings (SSSR count). The smallest absolute Gasteiger partial charge is 0.295 e. The van der Waals surface area contributed by atoms with Gasteiger partial charge in [-0.05, 0) is 26.3 Å². The highest BCUT2D eigenvalue weighted by Gasteiger charge is 2.21. The van der Waals surface area contributed by atoms with Gasteiger partial charge in [0.1, 0.15) is 0 Å². The molecule has 1 saturated heterocycles. The van der Waals surface area contributed by atoms with Crippen LogP contribution in [0.1, 0.15) is 24.6 Å². The molecule has 8 nitrogen and oxygen atoms in total. The Morgan fingerprint density at radius 3 is 2.83 bits per heavy atom. The van der Waals surface area contributed by atoms with Crippen LogP contribution < -0.4 is 4.90 Å². The second-order valence-corrected chi connectivity index (χ2v) is 7.53. The predicted octanol–water partition coefficient (Wildman–Crippen LogP) is 3.38. The highest BCUT2D eigenvalue weighted by atomic mass is 16.6. The number of anilines is 1. The Morgan fingerprint density at radius 2 is 2.07 bits per heavy atom. The molecule has 0 atom stereocenters. The molecule has 1 aromatic carbocycles. The summed E-state index contributed by atoms with van der Waals surface area (Å²) in [6, 6.07) is 7.26. The predicted molar refractivity (Wildman–Crippen MR) is 113 cm³/mol. The number of aromatic nitrogens is 3. The number of non-ortho nitro benzene ring substituents is 1. The number of aryl methyl sites for hydroxylation is 2. The first kappa shape index (κ1) is 19.3. The van der Waals surface area contributed by atoms with Crippen LogP contribution in [-0.2, 0) is 13.1 Å². The lowest BCUT2D eigenvalue weighted by Gasteiger charge is -2.25. The lowest BCUT2D eigenvalue weighted by Crippen LogP contribution is -2.30. The number of pyridine rings is 1. The quantitative estimate of drug-likeness (QED) is 0.487. The number of hydrogen-bond acceptors (Lipinski definition) is 6. The SMILES string of the molecule is CCn1cc(CN2CCCN(c3cc(C)nc4c([N+](=O)[O-])cccc34)CC2)cn1. The van der Waals surface area contributed by atoms with Crippen molar-refractivity contribution >= 4 is 22.3 Å². The first-order valence-electron chi connectivity index (χ1n) is 10.1. The van der Waals surface area contributed by atoms with Gasteiger partial charge in [0, 0.05) is 73.9 Å². The highest BCUT2D eigenvalue weighted by Crippen LogP contribution is 2.32. The van der Waals surface area contributed by atoms with Crippen molar-refractivity contribution in [2.24, 2.45) is 0 Å². The molecular weight excluding hydrogens is 368 g/mol. The van der Waals surface area contributed by atoms with Gasteiger partial charge in [-0.1, -0.05) is 12.1 Å². The van der Waals surface area contributed by atoms with Gasteiger partial charge in [-0.15, -0.1) is 0 Å².